The number of carbonyl (C=O) groups is 1. The third kappa shape index (κ3) is 1.31. The zero-order chi connectivity index (χ0) is 9.42. The molecule has 4 nitrogen and oxygen atoms in total. The number of rotatable bonds is 1. The van der Waals surface area contributed by atoms with Crippen LogP contribution in [-0.2, 0) is 0 Å². The predicted octanol–water partition coefficient (Wildman–Crippen LogP) is 2.02. The summed E-state index contributed by atoms with van der Waals surface area (Å²) >= 11 is 3.25. The molecule has 5 heteroatoms. The second-order valence-electron chi connectivity index (χ2n) is 2.56. The Morgan fingerprint density at radius 1 is 1.54 bits per heavy atom. The van der Waals surface area contributed by atoms with E-state index in [1.165, 1.54) is 12.4 Å². The molecule has 0 aliphatic heterocycles. The number of carboxylic acid groups (broad SMARTS) is 1. The Morgan fingerprint density at radius 2 is 2.31 bits per heavy atom. The van der Waals surface area contributed by atoms with Crippen LogP contribution < -0.4 is 0 Å². The summed E-state index contributed by atoms with van der Waals surface area (Å²) < 4.78 is 0.684. The molecule has 66 valence electrons. The van der Waals surface area contributed by atoms with Gasteiger partial charge in [-0.15, -0.1) is 0 Å². The van der Waals surface area contributed by atoms with Crippen molar-refractivity contribution in [3.8, 4) is 0 Å². The number of carboxylic acids is 1. The molecule has 0 aliphatic carbocycles. The fraction of sp³-hybridized carbons (Fsp3) is 0. The van der Waals surface area contributed by atoms with Gasteiger partial charge in [0.2, 0.25) is 0 Å². The number of hydrogen-bond donors (Lipinski definition) is 2. The van der Waals surface area contributed by atoms with Gasteiger partial charge in [-0.05, 0) is 28.1 Å². The molecule has 0 aliphatic rings. The molecule has 0 saturated heterocycles. The van der Waals surface area contributed by atoms with E-state index in [1.807, 2.05) is 0 Å². The van der Waals surface area contributed by atoms with Crippen molar-refractivity contribution >= 4 is 32.9 Å². The van der Waals surface area contributed by atoms with Gasteiger partial charge >= 0.3 is 5.97 Å². The molecule has 1 aromatic heterocycles. The van der Waals surface area contributed by atoms with Crippen LogP contribution in [0.1, 0.15) is 10.4 Å². The topological polar surface area (TPSA) is 66.0 Å². The largest absolute Gasteiger partial charge is 0.478 e. The van der Waals surface area contributed by atoms with Crippen LogP contribution in [0.4, 0.5) is 0 Å². The highest BCUT2D eigenvalue weighted by Gasteiger charge is 2.08. The normalized spacial score (nSPS) is 10.5. The van der Waals surface area contributed by atoms with Crippen molar-refractivity contribution in [2.24, 2.45) is 0 Å². The second-order valence-corrected chi connectivity index (χ2v) is 3.42. The van der Waals surface area contributed by atoms with Gasteiger partial charge in [-0.3, -0.25) is 0 Å². The Morgan fingerprint density at radius 3 is 3.00 bits per heavy atom. The summed E-state index contributed by atoms with van der Waals surface area (Å²) in [6, 6.07) is 3.08. The van der Waals surface area contributed by atoms with Crippen LogP contribution >= 0.6 is 15.9 Å². The third-order valence-electron chi connectivity index (χ3n) is 1.72. The first-order valence-corrected chi connectivity index (χ1v) is 4.33. The molecule has 0 saturated carbocycles. The van der Waals surface area contributed by atoms with E-state index in [0.717, 1.165) is 5.52 Å². The summed E-state index contributed by atoms with van der Waals surface area (Å²) in [5.74, 6) is -0.947. The number of halogens is 1. The molecule has 1 aromatic carbocycles. The molecule has 0 bridgehead atoms. The van der Waals surface area contributed by atoms with Crippen molar-refractivity contribution in [1.82, 2.24) is 9.97 Å². The van der Waals surface area contributed by atoms with Crippen molar-refractivity contribution in [2.75, 3.05) is 0 Å². The number of benzene rings is 1. The van der Waals surface area contributed by atoms with E-state index in [9.17, 15) is 4.79 Å². The summed E-state index contributed by atoms with van der Waals surface area (Å²) in [6.45, 7) is 0. The summed E-state index contributed by atoms with van der Waals surface area (Å²) in [4.78, 5) is 17.5. The Hall–Kier alpha value is -1.36. The molecule has 0 unspecified atom stereocenters. The van der Waals surface area contributed by atoms with Crippen molar-refractivity contribution in [1.29, 1.82) is 0 Å². The first-order chi connectivity index (χ1) is 6.18. The minimum atomic E-state index is -0.947. The standard InChI is InChI=1S/C8H5BrN2O2/c9-5-1-4(8(12)13)2-6-7(5)11-3-10-6/h1-3H,(H,10,11)(H,12,13). The van der Waals surface area contributed by atoms with Crippen molar-refractivity contribution in [3.05, 3.63) is 28.5 Å². The second kappa shape index (κ2) is 2.85. The van der Waals surface area contributed by atoms with E-state index < -0.39 is 5.97 Å². The Balaban J connectivity index is 2.77. The molecule has 0 fully saturated rings. The van der Waals surface area contributed by atoms with Gasteiger partial charge in [0.25, 0.3) is 0 Å². The number of aromatic nitrogens is 2. The minimum Gasteiger partial charge on any atom is -0.478 e. The van der Waals surface area contributed by atoms with E-state index in [1.54, 1.807) is 6.07 Å². The van der Waals surface area contributed by atoms with Gasteiger partial charge in [-0.25, -0.2) is 9.78 Å². The number of nitrogens with one attached hydrogen (secondary N) is 1. The number of aromatic carboxylic acids is 1. The van der Waals surface area contributed by atoms with Gasteiger partial charge in [0.05, 0.1) is 17.4 Å². The summed E-state index contributed by atoms with van der Waals surface area (Å²) in [7, 11) is 0. The lowest BCUT2D eigenvalue weighted by Gasteiger charge is -1.96. The van der Waals surface area contributed by atoms with Gasteiger partial charge < -0.3 is 10.1 Å². The van der Waals surface area contributed by atoms with Crippen molar-refractivity contribution in [2.45, 2.75) is 0 Å². The van der Waals surface area contributed by atoms with Gasteiger partial charge in [-0.2, -0.15) is 0 Å². The molecule has 0 amide bonds. The maximum absolute atomic E-state index is 10.7. The summed E-state index contributed by atoms with van der Waals surface area (Å²) in [5, 5.41) is 8.75. The van der Waals surface area contributed by atoms with E-state index >= 15 is 0 Å². The summed E-state index contributed by atoms with van der Waals surface area (Å²) in [6.07, 6.45) is 1.53. The number of fused-ring (bicyclic) bond motifs is 1. The lowest BCUT2D eigenvalue weighted by Crippen LogP contribution is -1.95. The lowest BCUT2D eigenvalue weighted by molar-refractivity contribution is 0.0697. The van der Waals surface area contributed by atoms with Crippen LogP contribution in [0.2, 0.25) is 0 Å². The number of imidazole rings is 1. The number of aromatic amines is 1. The average molecular weight is 241 g/mol. The summed E-state index contributed by atoms with van der Waals surface area (Å²) in [5.41, 5.74) is 1.69. The highest BCUT2D eigenvalue weighted by molar-refractivity contribution is 9.10. The molecular weight excluding hydrogens is 236 g/mol. The Kier molecular flexibility index (Phi) is 1.81. The Labute approximate surface area is 81.7 Å². The fourth-order valence-corrected chi connectivity index (χ4v) is 1.69. The molecule has 1 heterocycles. The maximum Gasteiger partial charge on any atom is 0.335 e. The molecule has 0 spiro atoms. The van der Waals surface area contributed by atoms with E-state index in [-0.39, 0.29) is 5.56 Å². The van der Waals surface area contributed by atoms with Gasteiger partial charge in [0.15, 0.2) is 0 Å². The van der Waals surface area contributed by atoms with Gasteiger partial charge in [0, 0.05) is 4.47 Å². The molecule has 2 rings (SSSR count). The molecule has 0 radical (unpaired) electrons. The quantitative estimate of drug-likeness (QED) is 0.802. The monoisotopic (exact) mass is 240 g/mol. The lowest BCUT2D eigenvalue weighted by atomic mass is 10.2. The van der Waals surface area contributed by atoms with Crippen LogP contribution in [0.3, 0.4) is 0 Å². The number of hydrogen-bond acceptors (Lipinski definition) is 2. The fourth-order valence-electron chi connectivity index (χ4n) is 1.13. The van der Waals surface area contributed by atoms with E-state index in [0.29, 0.717) is 9.99 Å². The number of H-pyrrole nitrogens is 1. The molecule has 2 N–H and O–H groups in total. The highest BCUT2D eigenvalue weighted by atomic mass is 79.9. The van der Waals surface area contributed by atoms with Crippen LogP contribution in [0, 0.1) is 0 Å². The van der Waals surface area contributed by atoms with Crippen LogP contribution in [0.5, 0.6) is 0 Å². The predicted molar refractivity (Wildman–Crippen MR) is 50.8 cm³/mol. The molecule has 13 heavy (non-hydrogen) atoms. The molecule has 2 aromatic rings. The first kappa shape index (κ1) is 8.25. The van der Waals surface area contributed by atoms with E-state index in [2.05, 4.69) is 25.9 Å². The minimum absolute atomic E-state index is 0.239. The zero-order valence-electron chi connectivity index (χ0n) is 6.41. The smallest absolute Gasteiger partial charge is 0.335 e. The third-order valence-corrected chi connectivity index (χ3v) is 2.33. The van der Waals surface area contributed by atoms with Crippen molar-refractivity contribution in [3.63, 3.8) is 0 Å². The molecular formula is C8H5BrN2O2. The van der Waals surface area contributed by atoms with Gasteiger partial charge in [-0.1, -0.05) is 0 Å². The molecule has 0 atom stereocenters. The first-order valence-electron chi connectivity index (χ1n) is 3.54. The van der Waals surface area contributed by atoms with Crippen molar-refractivity contribution < 1.29 is 9.90 Å². The number of nitrogens with zero attached hydrogens (tertiary/aromatic N) is 1. The zero-order valence-corrected chi connectivity index (χ0v) is 8.00. The van der Waals surface area contributed by atoms with Crippen LogP contribution in [-0.4, -0.2) is 21.0 Å². The van der Waals surface area contributed by atoms with Gasteiger partial charge in [0.1, 0.15) is 5.52 Å². The van der Waals surface area contributed by atoms with Crippen LogP contribution in [0.15, 0.2) is 22.9 Å². The van der Waals surface area contributed by atoms with E-state index in [4.69, 9.17) is 5.11 Å². The highest BCUT2D eigenvalue weighted by Crippen LogP contribution is 2.22. The maximum atomic E-state index is 10.7. The SMILES string of the molecule is O=C(O)c1cc(Br)c2nc[nH]c2c1. The van der Waals surface area contributed by atoms with Crippen LogP contribution in [0.25, 0.3) is 11.0 Å². The Bertz CT molecular complexity index is 478. The average Bonchev–Trinajstić information content (AvgIpc) is 2.51.